The maximum Gasteiger partial charge on any atom is 0.227 e. The van der Waals surface area contributed by atoms with Gasteiger partial charge in [-0.1, -0.05) is 12.1 Å². The number of likely N-dealkylation sites (tertiary alicyclic amines) is 1. The molecule has 2 aliphatic rings. The van der Waals surface area contributed by atoms with Crippen LogP contribution in [0.1, 0.15) is 37.3 Å². The Labute approximate surface area is 119 Å². The van der Waals surface area contributed by atoms with Crippen LogP contribution in [0.3, 0.4) is 0 Å². The molecule has 1 N–H and O–H groups in total. The number of nitrogens with one attached hydrogen (secondary N) is 1. The van der Waals surface area contributed by atoms with Crippen molar-refractivity contribution >= 4 is 5.91 Å². The van der Waals surface area contributed by atoms with E-state index in [0.29, 0.717) is 0 Å². The molecule has 3 nitrogen and oxygen atoms in total. The monoisotopic (exact) mass is 276 g/mol. The zero-order valence-electron chi connectivity index (χ0n) is 11.6. The summed E-state index contributed by atoms with van der Waals surface area (Å²) in [6.07, 6.45) is 3.98. The molecule has 1 aromatic rings. The standard InChI is InChI=1S/C16H21FN2O/c17-14-6-1-4-12(10-14)15-7-3-9-19(15)16(20)13-5-2-8-18-11-13/h1,4,6,10,13,15,18H,2-3,5,7-9,11H2. The number of amides is 1. The SMILES string of the molecule is O=C(C1CCCNC1)N1CCCC1c1cccc(F)c1. The van der Waals surface area contributed by atoms with Gasteiger partial charge >= 0.3 is 0 Å². The second-order valence-electron chi connectivity index (χ2n) is 5.79. The third kappa shape index (κ3) is 2.70. The van der Waals surface area contributed by atoms with Crippen molar-refractivity contribution in [2.45, 2.75) is 31.7 Å². The molecule has 20 heavy (non-hydrogen) atoms. The van der Waals surface area contributed by atoms with Crippen molar-refractivity contribution < 1.29 is 9.18 Å². The third-order valence-corrected chi connectivity index (χ3v) is 4.42. The summed E-state index contributed by atoms with van der Waals surface area (Å²) in [5.74, 6) is 0.114. The summed E-state index contributed by atoms with van der Waals surface area (Å²) >= 11 is 0. The molecule has 0 aromatic heterocycles. The van der Waals surface area contributed by atoms with Gasteiger partial charge < -0.3 is 10.2 Å². The number of carbonyl (C=O) groups is 1. The smallest absolute Gasteiger partial charge is 0.227 e. The molecule has 0 aliphatic carbocycles. The van der Waals surface area contributed by atoms with Crippen LogP contribution in [0.15, 0.2) is 24.3 Å². The summed E-state index contributed by atoms with van der Waals surface area (Å²) < 4.78 is 13.4. The minimum atomic E-state index is -0.221. The summed E-state index contributed by atoms with van der Waals surface area (Å²) in [5.41, 5.74) is 0.930. The van der Waals surface area contributed by atoms with Crippen molar-refractivity contribution in [1.82, 2.24) is 10.2 Å². The molecule has 2 unspecified atom stereocenters. The van der Waals surface area contributed by atoms with Crippen LogP contribution >= 0.6 is 0 Å². The molecule has 1 amide bonds. The molecular formula is C16H21FN2O. The maximum atomic E-state index is 13.4. The molecule has 2 atom stereocenters. The zero-order chi connectivity index (χ0) is 13.9. The van der Waals surface area contributed by atoms with Crippen molar-refractivity contribution in [2.75, 3.05) is 19.6 Å². The van der Waals surface area contributed by atoms with Crippen LogP contribution in [0.4, 0.5) is 4.39 Å². The van der Waals surface area contributed by atoms with Crippen molar-refractivity contribution in [2.24, 2.45) is 5.92 Å². The first-order valence-electron chi connectivity index (χ1n) is 7.52. The van der Waals surface area contributed by atoms with Crippen LogP contribution in [0.25, 0.3) is 0 Å². The molecule has 2 heterocycles. The number of nitrogens with zero attached hydrogens (tertiary/aromatic N) is 1. The molecular weight excluding hydrogens is 255 g/mol. The predicted molar refractivity (Wildman–Crippen MR) is 75.7 cm³/mol. The quantitative estimate of drug-likeness (QED) is 0.900. The normalized spacial score (nSPS) is 26.8. The van der Waals surface area contributed by atoms with E-state index in [1.807, 2.05) is 11.0 Å². The lowest BCUT2D eigenvalue weighted by molar-refractivity contribution is -0.137. The van der Waals surface area contributed by atoms with E-state index in [1.54, 1.807) is 12.1 Å². The van der Waals surface area contributed by atoms with E-state index in [2.05, 4.69) is 5.32 Å². The Kier molecular flexibility index (Phi) is 4.01. The van der Waals surface area contributed by atoms with Crippen LogP contribution in [-0.4, -0.2) is 30.4 Å². The number of hydrogen-bond donors (Lipinski definition) is 1. The summed E-state index contributed by atoms with van der Waals surface area (Å²) in [5, 5.41) is 3.30. The molecule has 2 saturated heterocycles. The van der Waals surface area contributed by atoms with Crippen molar-refractivity contribution in [3.8, 4) is 0 Å². The predicted octanol–water partition coefficient (Wildman–Crippen LogP) is 2.49. The van der Waals surface area contributed by atoms with Crippen LogP contribution < -0.4 is 5.32 Å². The van der Waals surface area contributed by atoms with E-state index in [0.717, 1.165) is 50.9 Å². The van der Waals surface area contributed by atoms with Gasteiger partial charge in [-0.15, -0.1) is 0 Å². The van der Waals surface area contributed by atoms with E-state index in [-0.39, 0.29) is 23.7 Å². The van der Waals surface area contributed by atoms with Gasteiger partial charge in [-0.25, -0.2) is 4.39 Å². The highest BCUT2D eigenvalue weighted by atomic mass is 19.1. The summed E-state index contributed by atoms with van der Waals surface area (Å²) in [6.45, 7) is 2.60. The second-order valence-corrected chi connectivity index (χ2v) is 5.79. The lowest BCUT2D eigenvalue weighted by atomic mass is 9.96. The largest absolute Gasteiger partial charge is 0.335 e. The molecule has 108 valence electrons. The lowest BCUT2D eigenvalue weighted by Gasteiger charge is -2.31. The van der Waals surface area contributed by atoms with Gasteiger partial charge in [0.1, 0.15) is 5.82 Å². The highest BCUT2D eigenvalue weighted by Gasteiger charge is 2.34. The van der Waals surface area contributed by atoms with Gasteiger partial charge in [0.05, 0.1) is 12.0 Å². The molecule has 3 rings (SSSR count). The summed E-state index contributed by atoms with van der Waals surface area (Å²) in [7, 11) is 0. The first-order valence-corrected chi connectivity index (χ1v) is 7.52. The fourth-order valence-corrected chi connectivity index (χ4v) is 3.39. The molecule has 0 saturated carbocycles. The Morgan fingerprint density at radius 3 is 2.95 bits per heavy atom. The van der Waals surface area contributed by atoms with Gasteiger partial charge in [-0.3, -0.25) is 4.79 Å². The van der Waals surface area contributed by atoms with Crippen LogP contribution in [0.5, 0.6) is 0 Å². The number of rotatable bonds is 2. The van der Waals surface area contributed by atoms with Gasteiger partial charge in [0.15, 0.2) is 0 Å². The molecule has 0 spiro atoms. The first-order chi connectivity index (χ1) is 9.75. The molecule has 2 aliphatic heterocycles. The lowest BCUT2D eigenvalue weighted by Crippen LogP contribution is -2.42. The number of carbonyl (C=O) groups excluding carboxylic acids is 1. The van der Waals surface area contributed by atoms with E-state index >= 15 is 0 Å². The fourth-order valence-electron chi connectivity index (χ4n) is 3.39. The van der Waals surface area contributed by atoms with Crippen LogP contribution in [0, 0.1) is 11.7 Å². The van der Waals surface area contributed by atoms with Crippen LogP contribution in [-0.2, 0) is 4.79 Å². The second kappa shape index (κ2) is 5.92. The zero-order valence-corrected chi connectivity index (χ0v) is 11.6. The fraction of sp³-hybridized carbons (Fsp3) is 0.562. The molecule has 4 heteroatoms. The average molecular weight is 276 g/mol. The number of benzene rings is 1. The molecule has 0 bridgehead atoms. The van der Waals surface area contributed by atoms with E-state index in [9.17, 15) is 9.18 Å². The minimum Gasteiger partial charge on any atom is -0.335 e. The van der Waals surface area contributed by atoms with E-state index < -0.39 is 0 Å². The molecule has 1 aromatic carbocycles. The Balaban J connectivity index is 1.76. The van der Waals surface area contributed by atoms with Gasteiger partial charge in [0, 0.05) is 13.1 Å². The van der Waals surface area contributed by atoms with Crippen molar-refractivity contribution in [1.29, 1.82) is 0 Å². The average Bonchev–Trinajstić information content (AvgIpc) is 2.97. The Morgan fingerprint density at radius 2 is 2.20 bits per heavy atom. The van der Waals surface area contributed by atoms with Gasteiger partial charge in [-0.05, 0) is 49.9 Å². The first kappa shape index (κ1) is 13.6. The summed E-state index contributed by atoms with van der Waals surface area (Å²) in [4.78, 5) is 14.6. The highest BCUT2D eigenvalue weighted by molar-refractivity contribution is 5.80. The summed E-state index contributed by atoms with van der Waals surface area (Å²) in [6, 6.07) is 6.73. The Hall–Kier alpha value is -1.42. The van der Waals surface area contributed by atoms with Gasteiger partial charge in [0.25, 0.3) is 0 Å². The minimum absolute atomic E-state index is 0.0557. The van der Waals surface area contributed by atoms with Gasteiger partial charge in [-0.2, -0.15) is 0 Å². The van der Waals surface area contributed by atoms with Crippen LogP contribution in [0.2, 0.25) is 0 Å². The van der Waals surface area contributed by atoms with E-state index in [4.69, 9.17) is 0 Å². The Morgan fingerprint density at radius 1 is 1.30 bits per heavy atom. The van der Waals surface area contributed by atoms with Crippen molar-refractivity contribution in [3.05, 3.63) is 35.6 Å². The number of piperidine rings is 1. The van der Waals surface area contributed by atoms with Gasteiger partial charge in [0.2, 0.25) is 5.91 Å². The third-order valence-electron chi connectivity index (χ3n) is 4.42. The maximum absolute atomic E-state index is 13.4. The van der Waals surface area contributed by atoms with Crippen molar-refractivity contribution in [3.63, 3.8) is 0 Å². The number of halogens is 1. The molecule has 2 fully saturated rings. The van der Waals surface area contributed by atoms with E-state index in [1.165, 1.54) is 6.07 Å². The Bertz CT molecular complexity index is 485. The molecule has 0 radical (unpaired) electrons. The topological polar surface area (TPSA) is 32.3 Å². The number of hydrogen-bond acceptors (Lipinski definition) is 2. The highest BCUT2D eigenvalue weighted by Crippen LogP contribution is 2.34.